The van der Waals surface area contributed by atoms with Crippen LogP contribution in [0.25, 0.3) is 0 Å². The summed E-state index contributed by atoms with van der Waals surface area (Å²) in [6.07, 6.45) is 2.60. The summed E-state index contributed by atoms with van der Waals surface area (Å²) in [5.41, 5.74) is 1.24. The van der Waals surface area contributed by atoms with Crippen LogP contribution >= 0.6 is 39.9 Å². The molecule has 148 valence electrons. The number of ether oxygens (including phenoxy) is 1. The van der Waals surface area contributed by atoms with E-state index in [-0.39, 0.29) is 24.0 Å². The first-order chi connectivity index (χ1) is 12.1. The summed E-state index contributed by atoms with van der Waals surface area (Å²) in [7, 11) is 1.83. The molecule has 1 fully saturated rings. The molecule has 1 heterocycles. The largest absolute Gasteiger partial charge is 0.377 e. The predicted octanol–water partition coefficient (Wildman–Crippen LogP) is 3.62. The summed E-state index contributed by atoms with van der Waals surface area (Å²) >= 11 is 3.46. The average molecular weight is 539 g/mol. The van der Waals surface area contributed by atoms with E-state index in [1.54, 1.807) is 0 Å². The minimum absolute atomic E-state index is 0. The highest BCUT2D eigenvalue weighted by Crippen LogP contribution is 2.11. The van der Waals surface area contributed by atoms with Crippen LogP contribution in [-0.2, 0) is 11.3 Å². The molecular formula is C19H32BrIN4O. The second-order valence-corrected chi connectivity index (χ2v) is 7.65. The van der Waals surface area contributed by atoms with Crippen molar-refractivity contribution in [3.8, 4) is 0 Å². The molecule has 2 N–H and O–H groups in total. The molecule has 0 spiro atoms. The van der Waals surface area contributed by atoms with Gasteiger partial charge in [-0.3, -0.25) is 4.99 Å². The Balaban J connectivity index is 0.00000338. The van der Waals surface area contributed by atoms with Crippen molar-refractivity contribution in [2.45, 2.75) is 45.4 Å². The minimum Gasteiger partial charge on any atom is -0.377 e. The number of nitrogens with one attached hydrogen (secondary N) is 2. The monoisotopic (exact) mass is 538 g/mol. The fraction of sp³-hybridized carbons (Fsp3) is 0.632. The van der Waals surface area contributed by atoms with E-state index in [0.717, 1.165) is 56.1 Å². The third kappa shape index (κ3) is 9.01. The molecule has 0 bridgehead atoms. The molecule has 0 atom stereocenters. The van der Waals surface area contributed by atoms with Gasteiger partial charge in [0.15, 0.2) is 5.96 Å². The van der Waals surface area contributed by atoms with Crippen molar-refractivity contribution in [1.82, 2.24) is 15.5 Å². The van der Waals surface area contributed by atoms with Crippen LogP contribution in [-0.4, -0.2) is 56.3 Å². The topological polar surface area (TPSA) is 48.9 Å². The summed E-state index contributed by atoms with van der Waals surface area (Å²) in [4.78, 5) is 6.84. The molecule has 1 aromatic rings. The van der Waals surface area contributed by atoms with Crippen LogP contribution in [0.1, 0.15) is 32.3 Å². The summed E-state index contributed by atoms with van der Waals surface area (Å²) in [5.74, 6) is 0.879. The van der Waals surface area contributed by atoms with Gasteiger partial charge in [0.1, 0.15) is 0 Å². The van der Waals surface area contributed by atoms with E-state index in [1.165, 1.54) is 5.56 Å². The van der Waals surface area contributed by atoms with E-state index in [0.29, 0.717) is 12.1 Å². The maximum atomic E-state index is 5.65. The third-order valence-electron chi connectivity index (χ3n) is 4.38. The Morgan fingerprint density at radius 2 is 1.92 bits per heavy atom. The SMILES string of the molecule is CN=C(NCc1ccc(Br)cc1)NC1CCN(CCOC(C)C)CC1.I. The van der Waals surface area contributed by atoms with Crippen LogP contribution in [0, 0.1) is 0 Å². The van der Waals surface area contributed by atoms with Crippen molar-refractivity contribution in [2.24, 2.45) is 4.99 Å². The minimum atomic E-state index is 0. The normalized spacial score (nSPS) is 16.4. The zero-order valence-electron chi connectivity index (χ0n) is 16.0. The fourth-order valence-corrected chi connectivity index (χ4v) is 3.16. The molecule has 26 heavy (non-hydrogen) atoms. The van der Waals surface area contributed by atoms with Crippen molar-refractivity contribution >= 4 is 45.9 Å². The van der Waals surface area contributed by atoms with Gasteiger partial charge in [0, 0.05) is 43.7 Å². The molecular weight excluding hydrogens is 507 g/mol. The van der Waals surface area contributed by atoms with Crippen LogP contribution in [0.5, 0.6) is 0 Å². The zero-order chi connectivity index (χ0) is 18.1. The van der Waals surface area contributed by atoms with Crippen LogP contribution in [0.4, 0.5) is 0 Å². The second kappa shape index (κ2) is 12.9. The van der Waals surface area contributed by atoms with Gasteiger partial charge in [0.25, 0.3) is 0 Å². The predicted molar refractivity (Wildman–Crippen MR) is 123 cm³/mol. The number of nitrogens with zero attached hydrogens (tertiary/aromatic N) is 2. The molecule has 0 aliphatic carbocycles. The number of guanidine groups is 1. The number of aliphatic imine (C=N–C) groups is 1. The van der Waals surface area contributed by atoms with E-state index < -0.39 is 0 Å². The first-order valence-corrected chi connectivity index (χ1v) is 9.91. The van der Waals surface area contributed by atoms with Crippen molar-refractivity contribution in [1.29, 1.82) is 0 Å². The second-order valence-electron chi connectivity index (χ2n) is 6.73. The zero-order valence-corrected chi connectivity index (χ0v) is 19.9. The molecule has 1 aromatic carbocycles. The Morgan fingerprint density at radius 1 is 1.27 bits per heavy atom. The van der Waals surface area contributed by atoms with Crippen molar-refractivity contribution < 1.29 is 4.74 Å². The highest BCUT2D eigenvalue weighted by atomic mass is 127. The van der Waals surface area contributed by atoms with Crippen LogP contribution in [0.15, 0.2) is 33.7 Å². The third-order valence-corrected chi connectivity index (χ3v) is 4.91. The number of hydrogen-bond acceptors (Lipinski definition) is 3. The van der Waals surface area contributed by atoms with Gasteiger partial charge in [-0.2, -0.15) is 0 Å². The van der Waals surface area contributed by atoms with Gasteiger partial charge in [-0.15, -0.1) is 24.0 Å². The molecule has 1 aliphatic heterocycles. The van der Waals surface area contributed by atoms with E-state index >= 15 is 0 Å². The first-order valence-electron chi connectivity index (χ1n) is 9.12. The fourth-order valence-electron chi connectivity index (χ4n) is 2.89. The molecule has 1 aliphatic rings. The van der Waals surface area contributed by atoms with E-state index in [4.69, 9.17) is 4.74 Å². The summed E-state index contributed by atoms with van der Waals surface area (Å²) < 4.78 is 6.75. The molecule has 0 aromatic heterocycles. The van der Waals surface area contributed by atoms with Crippen LogP contribution in [0.3, 0.4) is 0 Å². The van der Waals surface area contributed by atoms with Gasteiger partial charge < -0.3 is 20.3 Å². The highest BCUT2D eigenvalue weighted by molar-refractivity contribution is 14.0. The van der Waals surface area contributed by atoms with Gasteiger partial charge in [-0.1, -0.05) is 28.1 Å². The Bertz CT molecular complexity index is 531. The Labute approximate surface area is 183 Å². The number of hydrogen-bond donors (Lipinski definition) is 2. The Hall–Kier alpha value is -0.380. The summed E-state index contributed by atoms with van der Waals surface area (Å²) in [5, 5.41) is 6.95. The lowest BCUT2D eigenvalue weighted by Gasteiger charge is -2.33. The van der Waals surface area contributed by atoms with Gasteiger partial charge in [0.2, 0.25) is 0 Å². The van der Waals surface area contributed by atoms with Gasteiger partial charge >= 0.3 is 0 Å². The molecule has 0 saturated carbocycles. The highest BCUT2D eigenvalue weighted by Gasteiger charge is 2.19. The number of benzene rings is 1. The van der Waals surface area contributed by atoms with Gasteiger partial charge in [-0.25, -0.2) is 0 Å². The quantitative estimate of drug-likeness (QED) is 0.316. The lowest BCUT2D eigenvalue weighted by atomic mass is 10.1. The van der Waals surface area contributed by atoms with Gasteiger partial charge in [-0.05, 0) is 44.4 Å². The standard InChI is InChI=1S/C19H31BrN4O.HI/c1-15(2)25-13-12-24-10-8-18(9-11-24)23-19(21-3)22-14-16-4-6-17(20)7-5-16;/h4-7,15,18H,8-14H2,1-3H3,(H2,21,22,23);1H. The van der Waals surface area contributed by atoms with Crippen molar-refractivity contribution in [3.05, 3.63) is 34.3 Å². The van der Waals surface area contributed by atoms with E-state index in [9.17, 15) is 0 Å². The molecule has 0 unspecified atom stereocenters. The summed E-state index contributed by atoms with van der Waals surface area (Å²) in [6, 6.07) is 8.83. The van der Waals surface area contributed by atoms with Gasteiger partial charge in [0.05, 0.1) is 12.7 Å². The molecule has 2 rings (SSSR count). The average Bonchev–Trinajstić information content (AvgIpc) is 2.61. The number of halogens is 2. The number of rotatable bonds is 7. The maximum Gasteiger partial charge on any atom is 0.191 e. The molecule has 0 amide bonds. The molecule has 5 nitrogen and oxygen atoms in total. The van der Waals surface area contributed by atoms with E-state index in [2.05, 4.69) is 74.6 Å². The van der Waals surface area contributed by atoms with Crippen molar-refractivity contribution in [3.63, 3.8) is 0 Å². The first kappa shape index (κ1) is 23.7. The Kier molecular flexibility index (Phi) is 11.7. The maximum absolute atomic E-state index is 5.65. The smallest absolute Gasteiger partial charge is 0.191 e. The number of piperidine rings is 1. The summed E-state index contributed by atoms with van der Waals surface area (Å²) in [6.45, 7) is 9.03. The lowest BCUT2D eigenvalue weighted by molar-refractivity contribution is 0.0532. The molecule has 0 radical (unpaired) electrons. The number of likely N-dealkylation sites (tertiary alicyclic amines) is 1. The molecule has 1 saturated heterocycles. The Morgan fingerprint density at radius 3 is 2.50 bits per heavy atom. The van der Waals surface area contributed by atoms with Crippen LogP contribution < -0.4 is 10.6 Å². The molecule has 7 heteroatoms. The van der Waals surface area contributed by atoms with Crippen molar-refractivity contribution in [2.75, 3.05) is 33.3 Å². The van der Waals surface area contributed by atoms with E-state index in [1.807, 2.05) is 7.05 Å². The lowest BCUT2D eigenvalue weighted by Crippen LogP contribution is -2.49. The van der Waals surface area contributed by atoms with Crippen LogP contribution in [0.2, 0.25) is 0 Å².